The zero-order valence-electron chi connectivity index (χ0n) is 28.7. The van der Waals surface area contributed by atoms with Crippen LogP contribution in [0.4, 0.5) is 0 Å². The number of fused-ring (bicyclic) bond motifs is 1. The number of benzene rings is 2. The molecular formula is C39H39Cl2N7O4. The van der Waals surface area contributed by atoms with Crippen molar-refractivity contribution >= 4 is 40.7 Å². The van der Waals surface area contributed by atoms with E-state index in [-0.39, 0.29) is 29.5 Å². The number of amides is 2. The summed E-state index contributed by atoms with van der Waals surface area (Å²) in [6, 6.07) is 19.3. The first-order valence-corrected chi connectivity index (χ1v) is 18.2. The number of hydrogen-bond donors (Lipinski definition) is 4. The fourth-order valence-electron chi connectivity index (χ4n) is 6.86. The van der Waals surface area contributed by atoms with Gasteiger partial charge in [0.1, 0.15) is 5.65 Å². The Kier molecular flexibility index (Phi) is 10.8. The Labute approximate surface area is 311 Å². The lowest BCUT2D eigenvalue weighted by atomic mass is 9.97. The van der Waals surface area contributed by atoms with Crippen molar-refractivity contribution in [2.45, 2.75) is 57.3 Å². The van der Waals surface area contributed by atoms with E-state index in [2.05, 4.69) is 26.3 Å². The van der Waals surface area contributed by atoms with E-state index in [0.717, 1.165) is 52.6 Å². The molecule has 268 valence electrons. The van der Waals surface area contributed by atoms with Crippen LogP contribution in [-0.4, -0.2) is 58.5 Å². The highest BCUT2D eigenvalue weighted by molar-refractivity contribution is 6.39. The first-order chi connectivity index (χ1) is 25.3. The van der Waals surface area contributed by atoms with E-state index in [1.807, 2.05) is 60.7 Å². The summed E-state index contributed by atoms with van der Waals surface area (Å²) in [7, 11) is 1.59. The molecule has 2 aromatic carbocycles. The van der Waals surface area contributed by atoms with Gasteiger partial charge in [0, 0.05) is 96.9 Å². The molecule has 4 N–H and O–H groups in total. The Morgan fingerprint density at radius 2 is 1.46 bits per heavy atom. The van der Waals surface area contributed by atoms with E-state index < -0.39 is 0 Å². The van der Waals surface area contributed by atoms with Gasteiger partial charge >= 0.3 is 0 Å². The number of ether oxygens (including phenoxy) is 1. The number of hydrogen-bond acceptors (Lipinski definition) is 8. The van der Waals surface area contributed by atoms with Crippen LogP contribution < -0.4 is 31.6 Å². The highest BCUT2D eigenvalue weighted by Gasteiger charge is 2.21. The van der Waals surface area contributed by atoms with Gasteiger partial charge in [0.15, 0.2) is 0 Å². The summed E-state index contributed by atoms with van der Waals surface area (Å²) >= 11 is 14.2. The molecule has 2 amide bonds. The summed E-state index contributed by atoms with van der Waals surface area (Å²) in [6.07, 6.45) is 7.06. The summed E-state index contributed by atoms with van der Waals surface area (Å²) in [5.74, 6) is 0.653. The maximum absolute atomic E-state index is 13.3. The van der Waals surface area contributed by atoms with Crippen LogP contribution in [0.2, 0.25) is 10.0 Å². The van der Waals surface area contributed by atoms with Gasteiger partial charge in [-0.15, -0.1) is 0 Å². The Hall–Kier alpha value is -4.81. The van der Waals surface area contributed by atoms with E-state index in [9.17, 15) is 14.4 Å². The SMILES string of the molecule is COc1nc(-c2cccc(-c3cccc(-c4ccn5c(=O)c(CNCC6CCCC(=O)N6)cnc5c4)c3Cl)c2Cl)ccc1CNCC1CCC(=O)N1. The van der Waals surface area contributed by atoms with Crippen molar-refractivity contribution in [3.63, 3.8) is 0 Å². The molecule has 0 radical (unpaired) electrons. The topological polar surface area (TPSA) is 139 Å². The van der Waals surface area contributed by atoms with E-state index >= 15 is 0 Å². The Bertz CT molecular complexity index is 2210. The second-order valence-electron chi connectivity index (χ2n) is 13.2. The quantitative estimate of drug-likeness (QED) is 0.131. The lowest BCUT2D eigenvalue weighted by Gasteiger charge is -2.23. The third kappa shape index (κ3) is 7.68. The standard InChI is InChI=1S/C39H39Cl2N7O4/c1-52-38-24(18-42-22-27-12-14-35(50)46-27)11-13-32(47-38)31-9-4-8-30(37(31)41)29-7-3-6-28(36(29)40)23-15-16-48-33(17-23)44-20-25(39(48)51)19-43-21-26-5-2-10-34(49)45-26/h3-4,6-9,11,13,15-17,20,26-27,42-43H,2,5,10,12,14,18-19,21-22H2,1H3,(H,45,49)(H,46,50). The molecule has 0 saturated carbocycles. The van der Waals surface area contributed by atoms with Crippen molar-refractivity contribution < 1.29 is 14.3 Å². The maximum Gasteiger partial charge on any atom is 0.262 e. The molecule has 11 nitrogen and oxygen atoms in total. The molecule has 5 aromatic rings. The normalized spacial score (nSPS) is 17.3. The number of carbonyl (C=O) groups excluding carboxylic acids is 2. The molecule has 2 aliphatic rings. The maximum atomic E-state index is 13.3. The zero-order chi connectivity index (χ0) is 36.2. The number of methoxy groups -OCH3 is 1. The Balaban J connectivity index is 1.09. The molecule has 2 atom stereocenters. The number of rotatable bonds is 12. The van der Waals surface area contributed by atoms with Crippen molar-refractivity contribution in [2.75, 3.05) is 20.2 Å². The fourth-order valence-corrected chi connectivity index (χ4v) is 7.52. The molecule has 2 unspecified atom stereocenters. The highest BCUT2D eigenvalue weighted by Crippen LogP contribution is 2.42. The van der Waals surface area contributed by atoms with Gasteiger partial charge in [-0.05, 0) is 43.0 Å². The monoisotopic (exact) mass is 739 g/mol. The molecule has 52 heavy (non-hydrogen) atoms. The van der Waals surface area contributed by atoms with Crippen LogP contribution in [0.3, 0.4) is 0 Å². The first kappa shape index (κ1) is 35.6. The van der Waals surface area contributed by atoms with Crippen molar-refractivity contribution in [2.24, 2.45) is 0 Å². The molecule has 0 bridgehead atoms. The third-order valence-electron chi connectivity index (χ3n) is 9.61. The van der Waals surface area contributed by atoms with E-state index in [4.69, 9.17) is 32.9 Å². The summed E-state index contributed by atoms with van der Waals surface area (Å²) in [4.78, 5) is 45.9. The highest BCUT2D eigenvalue weighted by atomic mass is 35.5. The minimum atomic E-state index is -0.159. The lowest BCUT2D eigenvalue weighted by Crippen LogP contribution is -2.45. The van der Waals surface area contributed by atoms with Gasteiger partial charge in [0.05, 0.1) is 22.8 Å². The molecule has 0 spiro atoms. The molecule has 3 aromatic heterocycles. The molecule has 2 fully saturated rings. The van der Waals surface area contributed by atoms with Gasteiger partial charge in [-0.25, -0.2) is 9.97 Å². The molecule has 5 heterocycles. The molecule has 2 aliphatic heterocycles. The number of piperidine rings is 1. The van der Waals surface area contributed by atoms with Crippen LogP contribution in [0.15, 0.2) is 77.9 Å². The third-order valence-corrected chi connectivity index (χ3v) is 10.4. The number of nitrogens with zero attached hydrogens (tertiary/aromatic N) is 3. The number of aromatic nitrogens is 3. The minimum Gasteiger partial charge on any atom is -0.481 e. The summed E-state index contributed by atoms with van der Waals surface area (Å²) in [5, 5.41) is 13.6. The van der Waals surface area contributed by atoms with Crippen LogP contribution in [0, 0.1) is 0 Å². The van der Waals surface area contributed by atoms with Crippen LogP contribution in [0.1, 0.15) is 43.2 Å². The van der Waals surface area contributed by atoms with Crippen molar-refractivity contribution in [3.8, 4) is 39.4 Å². The summed E-state index contributed by atoms with van der Waals surface area (Å²) in [6.45, 7) is 2.15. The number of carbonyl (C=O) groups is 2. The molecule has 13 heteroatoms. The molecular weight excluding hydrogens is 701 g/mol. The van der Waals surface area contributed by atoms with E-state index in [1.165, 1.54) is 4.40 Å². The zero-order valence-corrected chi connectivity index (χ0v) is 30.2. The average molecular weight is 741 g/mol. The van der Waals surface area contributed by atoms with Gasteiger partial charge in [0.2, 0.25) is 17.7 Å². The summed E-state index contributed by atoms with van der Waals surface area (Å²) < 4.78 is 7.17. The lowest BCUT2D eigenvalue weighted by molar-refractivity contribution is -0.123. The molecule has 7 rings (SSSR count). The van der Waals surface area contributed by atoms with Gasteiger partial charge in [-0.2, -0.15) is 0 Å². The number of pyridine rings is 2. The van der Waals surface area contributed by atoms with Gasteiger partial charge in [-0.1, -0.05) is 65.7 Å². The second-order valence-corrected chi connectivity index (χ2v) is 13.9. The smallest absolute Gasteiger partial charge is 0.262 e. The number of nitrogens with one attached hydrogen (secondary N) is 4. The first-order valence-electron chi connectivity index (χ1n) is 17.4. The Morgan fingerprint density at radius 1 is 0.808 bits per heavy atom. The van der Waals surface area contributed by atoms with Crippen molar-refractivity contribution in [1.82, 2.24) is 35.6 Å². The van der Waals surface area contributed by atoms with Gasteiger partial charge in [-0.3, -0.25) is 18.8 Å². The van der Waals surface area contributed by atoms with Crippen LogP contribution in [0.5, 0.6) is 5.88 Å². The predicted molar refractivity (Wildman–Crippen MR) is 202 cm³/mol. The minimum absolute atomic E-state index is 0.0671. The van der Waals surface area contributed by atoms with Crippen LogP contribution >= 0.6 is 23.2 Å². The van der Waals surface area contributed by atoms with Gasteiger partial charge in [0.25, 0.3) is 5.56 Å². The van der Waals surface area contributed by atoms with Crippen molar-refractivity contribution in [3.05, 3.63) is 105 Å². The molecule has 2 saturated heterocycles. The van der Waals surface area contributed by atoms with E-state index in [1.54, 1.807) is 19.5 Å². The fraction of sp³-hybridized carbons (Fsp3) is 0.308. The van der Waals surface area contributed by atoms with Crippen molar-refractivity contribution in [1.29, 1.82) is 0 Å². The number of halogens is 2. The second kappa shape index (κ2) is 15.8. The van der Waals surface area contributed by atoms with Crippen LogP contribution in [0.25, 0.3) is 39.2 Å². The van der Waals surface area contributed by atoms with Gasteiger partial charge < -0.3 is 26.0 Å². The Morgan fingerprint density at radius 3 is 2.15 bits per heavy atom. The average Bonchev–Trinajstić information content (AvgIpc) is 3.57. The van der Waals surface area contributed by atoms with E-state index in [0.29, 0.717) is 71.9 Å². The largest absolute Gasteiger partial charge is 0.481 e. The summed E-state index contributed by atoms with van der Waals surface area (Å²) in [5.41, 5.74) is 6.22. The van der Waals surface area contributed by atoms with Crippen LogP contribution in [-0.2, 0) is 22.7 Å². The predicted octanol–water partition coefficient (Wildman–Crippen LogP) is 5.53. The molecule has 0 aliphatic carbocycles.